The third-order valence-corrected chi connectivity index (χ3v) is 4.81. The Morgan fingerprint density at radius 3 is 2.45 bits per heavy atom. The fraction of sp³-hybridized carbons (Fsp3) is 0.364. The molecule has 110 valence electrons. The van der Waals surface area contributed by atoms with E-state index < -0.39 is 38.6 Å². The normalized spacial score (nSPS) is 20.8. The number of hydrogen-bond donors (Lipinski definition) is 2. The summed E-state index contributed by atoms with van der Waals surface area (Å²) in [6.45, 7) is 0.116. The molecule has 6 nitrogen and oxygen atoms in total. The van der Waals surface area contributed by atoms with E-state index in [-0.39, 0.29) is 19.6 Å². The van der Waals surface area contributed by atoms with E-state index in [4.69, 9.17) is 5.11 Å². The summed E-state index contributed by atoms with van der Waals surface area (Å²) in [5.41, 5.74) is 0. The van der Waals surface area contributed by atoms with Gasteiger partial charge in [0.05, 0.1) is 4.90 Å². The highest BCUT2D eigenvalue weighted by atomic mass is 32.2. The van der Waals surface area contributed by atoms with Crippen molar-refractivity contribution in [3.8, 4) is 0 Å². The molecule has 1 unspecified atom stereocenters. The van der Waals surface area contributed by atoms with E-state index in [1.165, 1.54) is 0 Å². The van der Waals surface area contributed by atoms with Gasteiger partial charge in [0.15, 0.2) is 0 Å². The van der Waals surface area contributed by atoms with Crippen LogP contribution in [0.5, 0.6) is 0 Å². The van der Waals surface area contributed by atoms with Gasteiger partial charge < -0.3 is 10.4 Å². The van der Waals surface area contributed by atoms with Gasteiger partial charge in [-0.25, -0.2) is 17.2 Å². The third-order valence-electron chi connectivity index (χ3n) is 2.92. The van der Waals surface area contributed by atoms with Crippen LogP contribution in [0.25, 0.3) is 0 Å². The van der Waals surface area contributed by atoms with Crippen molar-refractivity contribution in [1.29, 1.82) is 0 Å². The number of rotatable bonds is 3. The molecule has 1 aromatic carbocycles. The number of piperazine rings is 1. The number of hydrogen-bond acceptors (Lipinski definition) is 4. The Balaban J connectivity index is 2.44. The summed E-state index contributed by atoms with van der Waals surface area (Å²) in [5, 5.41) is 11.8. The number of nitrogens with zero attached hydrogens (tertiary/aromatic N) is 1. The van der Waals surface area contributed by atoms with Crippen LogP contribution in [0.15, 0.2) is 23.1 Å². The molecule has 1 atom stereocenters. The van der Waals surface area contributed by atoms with E-state index in [1.54, 1.807) is 0 Å². The molecule has 0 amide bonds. The average molecular weight is 306 g/mol. The molecule has 0 bridgehead atoms. The van der Waals surface area contributed by atoms with Crippen LogP contribution in [0.4, 0.5) is 8.78 Å². The summed E-state index contributed by atoms with van der Waals surface area (Å²) >= 11 is 0. The van der Waals surface area contributed by atoms with Gasteiger partial charge >= 0.3 is 5.97 Å². The third kappa shape index (κ3) is 2.79. The topological polar surface area (TPSA) is 86.7 Å². The minimum atomic E-state index is -4.27. The lowest BCUT2D eigenvalue weighted by molar-refractivity contribution is -0.141. The molecule has 20 heavy (non-hydrogen) atoms. The summed E-state index contributed by atoms with van der Waals surface area (Å²) in [6.07, 6.45) is 0. The lowest BCUT2D eigenvalue weighted by Gasteiger charge is -2.32. The second kappa shape index (κ2) is 5.43. The number of carboxylic acid groups (broad SMARTS) is 1. The van der Waals surface area contributed by atoms with Crippen molar-refractivity contribution in [3.05, 3.63) is 29.8 Å². The van der Waals surface area contributed by atoms with E-state index in [0.29, 0.717) is 18.2 Å². The number of sulfonamides is 1. The van der Waals surface area contributed by atoms with E-state index >= 15 is 0 Å². The van der Waals surface area contributed by atoms with Crippen LogP contribution < -0.4 is 5.32 Å². The van der Waals surface area contributed by atoms with Crippen molar-refractivity contribution in [3.63, 3.8) is 0 Å². The van der Waals surface area contributed by atoms with Gasteiger partial charge in [-0.05, 0) is 12.1 Å². The fourth-order valence-corrected chi connectivity index (χ4v) is 3.62. The number of nitrogens with one attached hydrogen (secondary N) is 1. The van der Waals surface area contributed by atoms with E-state index in [9.17, 15) is 22.0 Å². The zero-order valence-electron chi connectivity index (χ0n) is 10.2. The molecule has 1 aliphatic rings. The first-order chi connectivity index (χ1) is 9.32. The molecule has 2 rings (SSSR count). The van der Waals surface area contributed by atoms with Crippen molar-refractivity contribution >= 4 is 16.0 Å². The lowest BCUT2D eigenvalue weighted by Crippen LogP contribution is -2.56. The van der Waals surface area contributed by atoms with Crippen molar-refractivity contribution in [2.75, 3.05) is 19.6 Å². The van der Waals surface area contributed by atoms with Crippen molar-refractivity contribution in [2.45, 2.75) is 10.9 Å². The zero-order chi connectivity index (χ0) is 14.9. The molecule has 2 N–H and O–H groups in total. The number of halogens is 2. The molecule has 1 aliphatic heterocycles. The van der Waals surface area contributed by atoms with Gasteiger partial charge in [-0.15, -0.1) is 0 Å². The number of aliphatic carboxylic acids is 1. The van der Waals surface area contributed by atoms with E-state index in [2.05, 4.69) is 5.32 Å². The quantitative estimate of drug-likeness (QED) is 0.821. The molecule has 1 heterocycles. The van der Waals surface area contributed by atoms with Crippen LogP contribution in [0.3, 0.4) is 0 Å². The molecular formula is C11H12F2N2O4S. The summed E-state index contributed by atoms with van der Waals surface area (Å²) in [4.78, 5) is 10.5. The van der Waals surface area contributed by atoms with Crippen molar-refractivity contribution < 1.29 is 27.1 Å². The van der Waals surface area contributed by atoms with Gasteiger partial charge in [0, 0.05) is 25.7 Å². The lowest BCUT2D eigenvalue weighted by atomic mass is 10.2. The summed E-state index contributed by atoms with van der Waals surface area (Å²) in [6, 6.07) is 0.574. The Morgan fingerprint density at radius 1 is 1.30 bits per heavy atom. The maximum atomic E-state index is 13.1. The number of carboxylic acids is 1. The molecular weight excluding hydrogens is 294 g/mol. The van der Waals surface area contributed by atoms with Gasteiger partial charge in [0.1, 0.15) is 17.7 Å². The first-order valence-electron chi connectivity index (χ1n) is 5.74. The second-order valence-corrected chi connectivity index (χ2v) is 6.17. The first kappa shape index (κ1) is 14.8. The van der Waals surface area contributed by atoms with E-state index in [1.807, 2.05) is 0 Å². The molecule has 1 saturated heterocycles. The number of benzene rings is 1. The highest BCUT2D eigenvalue weighted by molar-refractivity contribution is 7.89. The summed E-state index contributed by atoms with van der Waals surface area (Å²) in [7, 11) is -4.27. The Labute approximate surface area is 114 Å². The largest absolute Gasteiger partial charge is 0.480 e. The molecule has 0 saturated carbocycles. The number of carbonyl (C=O) groups is 1. The Hall–Kier alpha value is -1.58. The minimum Gasteiger partial charge on any atom is -0.480 e. The van der Waals surface area contributed by atoms with Gasteiger partial charge in [-0.1, -0.05) is 0 Å². The smallest absolute Gasteiger partial charge is 0.323 e. The summed E-state index contributed by atoms with van der Waals surface area (Å²) < 4.78 is 51.6. The molecule has 0 aromatic heterocycles. The van der Waals surface area contributed by atoms with Gasteiger partial charge in [0.25, 0.3) is 0 Å². The molecule has 1 aromatic rings. The maximum absolute atomic E-state index is 13.1. The molecule has 0 aliphatic carbocycles. The first-order valence-corrected chi connectivity index (χ1v) is 7.18. The highest BCUT2D eigenvalue weighted by Crippen LogP contribution is 2.21. The predicted octanol–water partition coefficient (Wildman–Crippen LogP) is 0.0119. The molecule has 9 heteroatoms. The molecule has 0 spiro atoms. The van der Waals surface area contributed by atoms with E-state index in [0.717, 1.165) is 4.31 Å². The van der Waals surface area contributed by atoms with Crippen LogP contribution in [0, 0.1) is 11.6 Å². The Kier molecular flexibility index (Phi) is 4.02. The average Bonchev–Trinajstić information content (AvgIpc) is 2.37. The Morgan fingerprint density at radius 2 is 1.90 bits per heavy atom. The summed E-state index contributed by atoms with van der Waals surface area (Å²) in [5.74, 6) is -3.39. The van der Waals surface area contributed by atoms with Crippen LogP contribution in [-0.2, 0) is 14.8 Å². The van der Waals surface area contributed by atoms with Gasteiger partial charge in [-0.3, -0.25) is 4.79 Å². The van der Waals surface area contributed by atoms with Crippen LogP contribution >= 0.6 is 0 Å². The standard InChI is InChI=1S/C11H12F2N2O4S/c12-7-3-8(13)5-9(4-7)20(18,19)15-2-1-14-6-10(15)11(16)17/h3-5,10,14H,1-2,6H2,(H,16,17). The second-order valence-electron chi connectivity index (χ2n) is 4.28. The minimum absolute atomic E-state index is 0.0631. The highest BCUT2D eigenvalue weighted by Gasteiger charge is 2.38. The van der Waals surface area contributed by atoms with Crippen molar-refractivity contribution in [2.24, 2.45) is 0 Å². The fourth-order valence-electron chi connectivity index (χ4n) is 2.00. The van der Waals surface area contributed by atoms with Crippen LogP contribution in [-0.4, -0.2) is 49.5 Å². The van der Waals surface area contributed by atoms with Crippen LogP contribution in [0.1, 0.15) is 0 Å². The molecule has 0 radical (unpaired) electrons. The van der Waals surface area contributed by atoms with Gasteiger partial charge in [0.2, 0.25) is 10.0 Å². The van der Waals surface area contributed by atoms with Crippen LogP contribution in [0.2, 0.25) is 0 Å². The maximum Gasteiger partial charge on any atom is 0.323 e. The van der Waals surface area contributed by atoms with Gasteiger partial charge in [-0.2, -0.15) is 4.31 Å². The van der Waals surface area contributed by atoms with Crippen molar-refractivity contribution in [1.82, 2.24) is 9.62 Å². The zero-order valence-corrected chi connectivity index (χ0v) is 11.0. The SMILES string of the molecule is O=C(O)C1CNCCN1S(=O)(=O)c1cc(F)cc(F)c1. The Bertz CT molecular complexity index is 615. The predicted molar refractivity (Wildman–Crippen MR) is 64.5 cm³/mol. The molecule has 1 fully saturated rings. The monoisotopic (exact) mass is 306 g/mol.